The standard InChI is InChI=1S/C15H24N2/c1-3-17(4-2)14-10-6-8-12-7-5-9-13(11-16)15(12)14/h6,8,10,13H,3-5,7,9,11,16H2,1-2H3. The first-order valence-electron chi connectivity index (χ1n) is 6.88. The first kappa shape index (κ1) is 12.4. The Hall–Kier alpha value is -1.02. The van der Waals surface area contributed by atoms with E-state index in [9.17, 15) is 0 Å². The molecule has 0 fully saturated rings. The van der Waals surface area contributed by atoms with Crippen molar-refractivity contribution in [2.45, 2.75) is 39.0 Å². The molecule has 0 bridgehead atoms. The second kappa shape index (κ2) is 5.54. The molecule has 2 heteroatoms. The van der Waals surface area contributed by atoms with Crippen LogP contribution in [0.1, 0.15) is 43.7 Å². The molecule has 0 saturated carbocycles. The van der Waals surface area contributed by atoms with Gasteiger partial charge in [0.1, 0.15) is 0 Å². The molecule has 0 aliphatic heterocycles. The lowest BCUT2D eigenvalue weighted by atomic mass is 9.81. The molecule has 2 nitrogen and oxygen atoms in total. The Kier molecular flexibility index (Phi) is 4.06. The van der Waals surface area contributed by atoms with Crippen LogP contribution in [0.15, 0.2) is 18.2 Å². The van der Waals surface area contributed by atoms with E-state index in [-0.39, 0.29) is 0 Å². The smallest absolute Gasteiger partial charge is 0.0404 e. The molecular formula is C15H24N2. The van der Waals surface area contributed by atoms with E-state index in [1.807, 2.05) is 0 Å². The molecule has 1 aromatic carbocycles. The summed E-state index contributed by atoms with van der Waals surface area (Å²) in [7, 11) is 0. The van der Waals surface area contributed by atoms with Gasteiger partial charge in [0.2, 0.25) is 0 Å². The van der Waals surface area contributed by atoms with E-state index in [4.69, 9.17) is 5.73 Å². The van der Waals surface area contributed by atoms with Gasteiger partial charge >= 0.3 is 0 Å². The van der Waals surface area contributed by atoms with Gasteiger partial charge in [0, 0.05) is 18.8 Å². The van der Waals surface area contributed by atoms with Crippen LogP contribution in [0, 0.1) is 0 Å². The summed E-state index contributed by atoms with van der Waals surface area (Å²) < 4.78 is 0. The van der Waals surface area contributed by atoms with Crippen LogP contribution in [-0.2, 0) is 6.42 Å². The number of hydrogen-bond donors (Lipinski definition) is 1. The number of benzene rings is 1. The SMILES string of the molecule is CCN(CC)c1cccc2c1C(CN)CCC2. The van der Waals surface area contributed by atoms with Gasteiger partial charge in [0.15, 0.2) is 0 Å². The van der Waals surface area contributed by atoms with Crippen LogP contribution in [0.3, 0.4) is 0 Å². The summed E-state index contributed by atoms with van der Waals surface area (Å²) in [6.07, 6.45) is 3.76. The molecule has 0 heterocycles. The van der Waals surface area contributed by atoms with Crippen LogP contribution < -0.4 is 10.6 Å². The minimum Gasteiger partial charge on any atom is -0.372 e. The largest absolute Gasteiger partial charge is 0.372 e. The highest BCUT2D eigenvalue weighted by Gasteiger charge is 2.23. The van der Waals surface area contributed by atoms with Gasteiger partial charge < -0.3 is 10.6 Å². The molecule has 2 N–H and O–H groups in total. The average molecular weight is 232 g/mol. The van der Waals surface area contributed by atoms with Crippen molar-refractivity contribution in [3.8, 4) is 0 Å². The molecule has 1 aliphatic rings. The molecule has 1 unspecified atom stereocenters. The first-order chi connectivity index (χ1) is 8.31. The summed E-state index contributed by atoms with van der Waals surface area (Å²) in [5.74, 6) is 0.565. The van der Waals surface area contributed by atoms with E-state index < -0.39 is 0 Å². The Bertz CT molecular complexity index is 369. The highest BCUT2D eigenvalue weighted by atomic mass is 15.1. The quantitative estimate of drug-likeness (QED) is 0.865. The Morgan fingerprint density at radius 1 is 1.29 bits per heavy atom. The summed E-state index contributed by atoms with van der Waals surface area (Å²) in [4.78, 5) is 2.45. The van der Waals surface area contributed by atoms with E-state index in [0.717, 1.165) is 19.6 Å². The van der Waals surface area contributed by atoms with E-state index in [1.54, 1.807) is 0 Å². The summed E-state index contributed by atoms with van der Waals surface area (Å²) >= 11 is 0. The zero-order chi connectivity index (χ0) is 12.3. The van der Waals surface area contributed by atoms with E-state index in [1.165, 1.54) is 36.1 Å². The van der Waals surface area contributed by atoms with Crippen LogP contribution in [0.25, 0.3) is 0 Å². The maximum atomic E-state index is 5.95. The topological polar surface area (TPSA) is 29.3 Å². The molecule has 1 aliphatic carbocycles. The van der Waals surface area contributed by atoms with Crippen molar-refractivity contribution in [1.29, 1.82) is 0 Å². The minimum atomic E-state index is 0.565. The van der Waals surface area contributed by atoms with Crippen molar-refractivity contribution in [3.63, 3.8) is 0 Å². The number of hydrogen-bond acceptors (Lipinski definition) is 2. The van der Waals surface area contributed by atoms with Gasteiger partial charge in [0.05, 0.1) is 0 Å². The fourth-order valence-corrected chi connectivity index (χ4v) is 3.05. The van der Waals surface area contributed by atoms with Crippen LogP contribution in [0.5, 0.6) is 0 Å². The molecule has 1 atom stereocenters. The molecule has 1 aromatic rings. The summed E-state index contributed by atoms with van der Waals surface area (Å²) in [6.45, 7) is 7.38. The van der Waals surface area contributed by atoms with Gasteiger partial charge in [0.25, 0.3) is 0 Å². The lowest BCUT2D eigenvalue weighted by Crippen LogP contribution is -2.27. The van der Waals surface area contributed by atoms with Crippen LogP contribution >= 0.6 is 0 Å². The summed E-state index contributed by atoms with van der Waals surface area (Å²) in [5, 5.41) is 0. The third kappa shape index (κ3) is 2.32. The second-order valence-electron chi connectivity index (χ2n) is 4.85. The van der Waals surface area contributed by atoms with Gasteiger partial charge in [-0.05, 0) is 62.8 Å². The van der Waals surface area contributed by atoms with Gasteiger partial charge in [-0.2, -0.15) is 0 Å². The van der Waals surface area contributed by atoms with Crippen molar-refractivity contribution in [2.75, 3.05) is 24.5 Å². The van der Waals surface area contributed by atoms with E-state index >= 15 is 0 Å². The molecule has 2 rings (SSSR count). The van der Waals surface area contributed by atoms with Crippen LogP contribution in [-0.4, -0.2) is 19.6 Å². The van der Waals surface area contributed by atoms with Gasteiger partial charge in [-0.25, -0.2) is 0 Å². The lowest BCUT2D eigenvalue weighted by Gasteiger charge is -2.32. The molecule has 0 amide bonds. The van der Waals surface area contributed by atoms with Crippen molar-refractivity contribution in [1.82, 2.24) is 0 Å². The predicted molar refractivity (Wildman–Crippen MR) is 74.7 cm³/mol. The fourth-order valence-electron chi connectivity index (χ4n) is 3.05. The Morgan fingerprint density at radius 2 is 2.06 bits per heavy atom. The number of aryl methyl sites for hydroxylation is 1. The molecule has 0 aromatic heterocycles. The maximum absolute atomic E-state index is 5.95. The Morgan fingerprint density at radius 3 is 2.71 bits per heavy atom. The minimum absolute atomic E-state index is 0.565. The fraction of sp³-hybridized carbons (Fsp3) is 0.600. The molecule has 94 valence electrons. The highest BCUT2D eigenvalue weighted by Crippen LogP contribution is 2.37. The van der Waals surface area contributed by atoms with Crippen LogP contribution in [0.2, 0.25) is 0 Å². The predicted octanol–water partition coefficient (Wildman–Crippen LogP) is 2.91. The monoisotopic (exact) mass is 232 g/mol. The van der Waals surface area contributed by atoms with Crippen molar-refractivity contribution >= 4 is 5.69 Å². The van der Waals surface area contributed by atoms with E-state index in [0.29, 0.717) is 5.92 Å². The number of nitrogens with zero attached hydrogens (tertiary/aromatic N) is 1. The molecule has 0 spiro atoms. The van der Waals surface area contributed by atoms with Crippen molar-refractivity contribution in [2.24, 2.45) is 5.73 Å². The normalized spacial score (nSPS) is 18.9. The van der Waals surface area contributed by atoms with Gasteiger partial charge in [-0.3, -0.25) is 0 Å². The zero-order valence-corrected chi connectivity index (χ0v) is 11.1. The molecule has 0 radical (unpaired) electrons. The van der Waals surface area contributed by atoms with Crippen LogP contribution in [0.4, 0.5) is 5.69 Å². The highest BCUT2D eigenvalue weighted by molar-refractivity contribution is 5.59. The Labute approximate surface area is 105 Å². The number of anilines is 1. The second-order valence-corrected chi connectivity index (χ2v) is 4.85. The zero-order valence-electron chi connectivity index (χ0n) is 11.1. The van der Waals surface area contributed by atoms with Crippen molar-refractivity contribution in [3.05, 3.63) is 29.3 Å². The first-order valence-corrected chi connectivity index (χ1v) is 6.88. The lowest BCUT2D eigenvalue weighted by molar-refractivity contribution is 0.559. The third-order valence-corrected chi connectivity index (χ3v) is 3.97. The molecule has 0 saturated heterocycles. The maximum Gasteiger partial charge on any atom is 0.0404 e. The average Bonchev–Trinajstić information content (AvgIpc) is 2.39. The number of rotatable bonds is 4. The Balaban J connectivity index is 2.45. The van der Waals surface area contributed by atoms with E-state index in [2.05, 4.69) is 36.9 Å². The summed E-state index contributed by atoms with van der Waals surface area (Å²) in [5.41, 5.74) is 10.4. The number of fused-ring (bicyclic) bond motifs is 1. The molecule has 17 heavy (non-hydrogen) atoms. The molecular weight excluding hydrogens is 208 g/mol. The summed E-state index contributed by atoms with van der Waals surface area (Å²) in [6, 6.07) is 6.75. The third-order valence-electron chi connectivity index (χ3n) is 3.97. The van der Waals surface area contributed by atoms with Crippen molar-refractivity contribution < 1.29 is 0 Å². The van der Waals surface area contributed by atoms with Gasteiger partial charge in [-0.1, -0.05) is 12.1 Å². The van der Waals surface area contributed by atoms with Gasteiger partial charge in [-0.15, -0.1) is 0 Å². The number of nitrogens with two attached hydrogens (primary N) is 1.